The fourth-order valence-electron chi connectivity index (χ4n) is 2.72. The lowest BCUT2D eigenvalue weighted by molar-refractivity contribution is -0.139. The maximum atomic E-state index is 13.9. The molecule has 0 amide bonds. The summed E-state index contributed by atoms with van der Waals surface area (Å²) in [6.07, 6.45) is 2.73. The highest BCUT2D eigenvalue weighted by Gasteiger charge is 2.30. The third-order valence-corrected chi connectivity index (χ3v) is 4.07. The van der Waals surface area contributed by atoms with Gasteiger partial charge >= 0.3 is 13.3 Å². The molecule has 166 valence electrons. The molecule has 0 aliphatic heterocycles. The van der Waals surface area contributed by atoms with Gasteiger partial charge in [-0.05, 0) is 18.9 Å². The molecule has 3 rings (SSSR count). The number of methoxy groups -OCH3 is 1. The molecule has 1 aliphatic carbocycles. The van der Waals surface area contributed by atoms with E-state index in [2.05, 4.69) is 9.31 Å². The number of aromatic carboxylic acids is 1. The van der Waals surface area contributed by atoms with Gasteiger partial charge in [-0.25, -0.2) is 9.18 Å². The predicted molar refractivity (Wildman–Crippen MR) is 101 cm³/mol. The van der Waals surface area contributed by atoms with Gasteiger partial charge in [-0.1, -0.05) is 0 Å². The van der Waals surface area contributed by atoms with E-state index < -0.39 is 47.9 Å². The van der Waals surface area contributed by atoms with Crippen LogP contribution < -0.4 is 10.2 Å². The highest BCUT2D eigenvalue weighted by atomic mass is 19.2. The Labute approximate surface area is 174 Å². The number of hydrogen-bond donors (Lipinski definition) is 2. The molecule has 10 nitrogen and oxygen atoms in total. The number of carbonyl (C=O) groups excluding carboxylic acids is 2. The highest BCUT2D eigenvalue weighted by Crippen LogP contribution is 2.40. The summed E-state index contributed by atoms with van der Waals surface area (Å²) in [7, 11) is -0.612. The molecule has 0 bridgehead atoms. The molecule has 0 saturated heterocycles. The highest BCUT2D eigenvalue weighted by molar-refractivity contribution is 6.39. The maximum Gasteiger partial charge on any atom is 0.789 e. The van der Waals surface area contributed by atoms with E-state index in [0.29, 0.717) is 0 Å². The van der Waals surface area contributed by atoms with Gasteiger partial charge in [0.1, 0.15) is 5.56 Å². The summed E-state index contributed by atoms with van der Waals surface area (Å²) in [6.45, 7) is 2.18. The zero-order valence-corrected chi connectivity index (χ0v) is 16.7. The van der Waals surface area contributed by atoms with Gasteiger partial charge in [0.2, 0.25) is 11.2 Å². The van der Waals surface area contributed by atoms with Crippen LogP contribution >= 0.6 is 0 Å². The number of carbonyl (C=O) groups is 3. The summed E-state index contributed by atoms with van der Waals surface area (Å²) in [5, 5.41) is 17.4. The van der Waals surface area contributed by atoms with Crippen molar-refractivity contribution in [1.29, 1.82) is 0 Å². The molecule has 1 aliphatic rings. The van der Waals surface area contributed by atoms with Crippen LogP contribution in [-0.4, -0.2) is 47.0 Å². The number of benzene rings is 1. The van der Waals surface area contributed by atoms with Gasteiger partial charge in [0.05, 0.1) is 18.0 Å². The quantitative estimate of drug-likeness (QED) is 0.659. The van der Waals surface area contributed by atoms with E-state index in [1.807, 2.05) is 0 Å². The monoisotopic (exact) mass is 441 g/mol. The fraction of sp³-hybridized carbons (Fsp3) is 0.333. The number of fused-ring (bicyclic) bond motifs is 1. The van der Waals surface area contributed by atoms with Crippen LogP contribution in [0, 0.1) is 11.6 Å². The molecule has 1 saturated carbocycles. The van der Waals surface area contributed by atoms with Gasteiger partial charge in [0, 0.05) is 26.1 Å². The van der Waals surface area contributed by atoms with Gasteiger partial charge in [-0.3, -0.25) is 14.4 Å². The first kappa shape index (κ1) is 23.8. The van der Waals surface area contributed by atoms with Gasteiger partial charge in [0.25, 0.3) is 11.9 Å². The zero-order chi connectivity index (χ0) is 23.5. The molecule has 0 spiro atoms. The van der Waals surface area contributed by atoms with Crippen LogP contribution in [0.4, 0.5) is 8.78 Å². The number of halogens is 2. The van der Waals surface area contributed by atoms with Crippen LogP contribution in [0.5, 0.6) is 5.75 Å². The lowest BCUT2D eigenvalue weighted by Crippen LogP contribution is -2.27. The average molecular weight is 441 g/mol. The molecule has 2 N–H and O–H groups in total. The normalized spacial score (nSPS) is 12.5. The molecule has 0 atom stereocenters. The van der Waals surface area contributed by atoms with Crippen LogP contribution in [0.2, 0.25) is 0 Å². The number of carboxylic acids is 1. The molecule has 31 heavy (non-hydrogen) atoms. The van der Waals surface area contributed by atoms with Crippen molar-refractivity contribution in [3.05, 3.63) is 39.7 Å². The van der Waals surface area contributed by atoms with E-state index >= 15 is 0 Å². The molecule has 1 fully saturated rings. The second-order valence-electron chi connectivity index (χ2n) is 6.44. The Morgan fingerprint density at radius 1 is 1.16 bits per heavy atom. The topological polar surface area (TPSA) is 141 Å². The first-order valence-electron chi connectivity index (χ1n) is 8.84. The number of hydrogen-bond acceptors (Lipinski definition) is 8. The smallest absolute Gasteiger partial charge is 0.491 e. The summed E-state index contributed by atoms with van der Waals surface area (Å²) in [6, 6.07) is 0.686. The SMILES string of the molecule is CC(=O)OB(O)OC(C)=O.COc1c(F)c(F)cc2c(=O)c(C(=O)O)cn(C3CC3)c12. The minimum atomic E-state index is -1.78. The zero-order valence-electron chi connectivity index (χ0n) is 16.7. The fourth-order valence-corrected chi connectivity index (χ4v) is 2.72. The minimum Gasteiger partial charge on any atom is -0.491 e. The Kier molecular flexibility index (Phi) is 7.34. The Bertz CT molecular complexity index is 1080. The summed E-state index contributed by atoms with van der Waals surface area (Å²) < 4.78 is 41.9. The average Bonchev–Trinajstić information content (AvgIpc) is 3.48. The first-order chi connectivity index (χ1) is 14.5. The number of aromatic nitrogens is 1. The summed E-state index contributed by atoms with van der Waals surface area (Å²) >= 11 is 0. The summed E-state index contributed by atoms with van der Waals surface area (Å²) in [5.41, 5.74) is -1.23. The molecule has 1 aromatic carbocycles. The summed E-state index contributed by atoms with van der Waals surface area (Å²) in [4.78, 5) is 43.4. The second kappa shape index (κ2) is 9.56. The van der Waals surface area contributed by atoms with Crippen LogP contribution in [0.25, 0.3) is 10.9 Å². The third-order valence-electron chi connectivity index (χ3n) is 4.07. The Balaban J connectivity index is 0.000000291. The Morgan fingerprint density at radius 2 is 1.71 bits per heavy atom. The van der Waals surface area contributed by atoms with Crippen molar-refractivity contribution in [2.45, 2.75) is 32.7 Å². The Hall–Kier alpha value is -3.48. The number of pyridine rings is 1. The van der Waals surface area contributed by atoms with Crippen LogP contribution in [-0.2, 0) is 18.9 Å². The van der Waals surface area contributed by atoms with Crippen LogP contribution in [0.3, 0.4) is 0 Å². The van der Waals surface area contributed by atoms with E-state index in [-0.39, 0.29) is 22.7 Å². The molecule has 1 aromatic heterocycles. The third kappa shape index (κ3) is 5.57. The van der Waals surface area contributed by atoms with Gasteiger partial charge in [0.15, 0.2) is 11.6 Å². The van der Waals surface area contributed by atoms with Crippen molar-refractivity contribution in [2.75, 3.05) is 7.11 Å². The molecule has 1 heterocycles. The van der Waals surface area contributed by atoms with Crippen LogP contribution in [0.15, 0.2) is 17.1 Å². The summed E-state index contributed by atoms with van der Waals surface area (Å²) in [5.74, 6) is -5.66. The van der Waals surface area contributed by atoms with Gasteiger partial charge in [-0.2, -0.15) is 4.39 Å². The number of carboxylic acid groups (broad SMARTS) is 1. The van der Waals surface area contributed by atoms with E-state index in [9.17, 15) is 28.0 Å². The van der Waals surface area contributed by atoms with Crippen molar-refractivity contribution >= 4 is 36.1 Å². The minimum absolute atomic E-state index is 0.0371. The van der Waals surface area contributed by atoms with E-state index in [1.165, 1.54) is 17.9 Å². The molecule has 2 aromatic rings. The maximum absolute atomic E-state index is 13.9. The number of nitrogens with zero attached hydrogens (tertiary/aromatic N) is 1. The Morgan fingerprint density at radius 3 is 2.13 bits per heavy atom. The number of ether oxygens (including phenoxy) is 1. The standard InChI is InChI=1S/C14H11F2NO4.C4H7BO5/c1-21-13-10(16)9(15)4-7-11(13)17(6-2-3-6)5-8(12(7)18)14(19)20;1-3(6)9-5(8)10-4(2)7/h4-6H,2-3H2,1H3,(H,19,20);8H,1-2H3. The van der Waals surface area contributed by atoms with E-state index in [0.717, 1.165) is 32.8 Å². The molecular weight excluding hydrogens is 423 g/mol. The lowest BCUT2D eigenvalue weighted by atomic mass is 10.1. The van der Waals surface area contributed by atoms with E-state index in [1.54, 1.807) is 0 Å². The molecule has 13 heteroatoms. The van der Waals surface area contributed by atoms with Gasteiger partial charge in [-0.15, -0.1) is 0 Å². The van der Waals surface area contributed by atoms with Crippen molar-refractivity contribution < 1.29 is 47.3 Å². The molecular formula is C18H18BF2NO9. The van der Waals surface area contributed by atoms with Crippen molar-refractivity contribution in [2.24, 2.45) is 0 Å². The van der Waals surface area contributed by atoms with E-state index in [4.69, 9.17) is 14.9 Å². The largest absolute Gasteiger partial charge is 0.789 e. The van der Waals surface area contributed by atoms with Crippen molar-refractivity contribution in [1.82, 2.24) is 4.57 Å². The van der Waals surface area contributed by atoms with Crippen LogP contribution in [0.1, 0.15) is 43.1 Å². The second-order valence-corrected chi connectivity index (χ2v) is 6.44. The van der Waals surface area contributed by atoms with Gasteiger partial charge < -0.3 is 28.7 Å². The molecule has 0 radical (unpaired) electrons. The first-order valence-corrected chi connectivity index (χ1v) is 8.84. The van der Waals surface area contributed by atoms with Crippen molar-refractivity contribution in [3.63, 3.8) is 0 Å². The predicted octanol–water partition coefficient (Wildman–Crippen LogP) is 1.41. The number of rotatable bonds is 5. The lowest BCUT2D eigenvalue weighted by Gasteiger charge is -2.15. The molecule has 0 unspecified atom stereocenters. The van der Waals surface area contributed by atoms with Crippen molar-refractivity contribution in [3.8, 4) is 5.75 Å².